The SMILES string of the molecule is O=c1[nH]c(Cn2ccnc2CNC2CC2)nc2ccsc12. The predicted molar refractivity (Wildman–Crippen MR) is 81.4 cm³/mol. The van der Waals surface area contributed by atoms with E-state index in [9.17, 15) is 4.79 Å². The molecule has 0 atom stereocenters. The van der Waals surface area contributed by atoms with Crippen LogP contribution in [0.1, 0.15) is 24.5 Å². The molecule has 3 aromatic heterocycles. The van der Waals surface area contributed by atoms with Crippen molar-refractivity contribution in [2.75, 3.05) is 0 Å². The summed E-state index contributed by atoms with van der Waals surface area (Å²) in [7, 11) is 0. The molecule has 1 aliphatic carbocycles. The van der Waals surface area contributed by atoms with Gasteiger partial charge in [-0.1, -0.05) is 0 Å². The molecule has 4 rings (SSSR count). The third-order valence-corrected chi connectivity index (χ3v) is 4.51. The number of aromatic nitrogens is 4. The van der Waals surface area contributed by atoms with Crippen molar-refractivity contribution in [2.45, 2.75) is 32.0 Å². The van der Waals surface area contributed by atoms with Gasteiger partial charge in [0, 0.05) is 18.4 Å². The van der Waals surface area contributed by atoms with E-state index in [1.807, 2.05) is 22.2 Å². The Bertz CT molecular complexity index is 829. The van der Waals surface area contributed by atoms with E-state index in [-0.39, 0.29) is 5.56 Å². The minimum Gasteiger partial charge on any atom is -0.326 e. The minimum atomic E-state index is -0.0669. The normalized spacial score (nSPS) is 14.9. The number of H-pyrrole nitrogens is 1. The molecule has 0 unspecified atom stereocenters. The monoisotopic (exact) mass is 301 g/mol. The van der Waals surface area contributed by atoms with Crippen molar-refractivity contribution in [1.29, 1.82) is 0 Å². The molecule has 3 aromatic rings. The van der Waals surface area contributed by atoms with Crippen LogP contribution >= 0.6 is 11.3 Å². The van der Waals surface area contributed by atoms with Gasteiger partial charge in [0.2, 0.25) is 0 Å². The van der Waals surface area contributed by atoms with Crippen LogP contribution in [0.5, 0.6) is 0 Å². The van der Waals surface area contributed by atoms with Gasteiger partial charge in [-0.05, 0) is 24.3 Å². The molecule has 1 aliphatic rings. The molecule has 108 valence electrons. The number of aromatic amines is 1. The third kappa shape index (κ3) is 2.62. The summed E-state index contributed by atoms with van der Waals surface area (Å²) in [6.45, 7) is 1.28. The molecule has 0 amide bonds. The highest BCUT2D eigenvalue weighted by Gasteiger charge is 2.20. The number of nitrogens with one attached hydrogen (secondary N) is 2. The van der Waals surface area contributed by atoms with Gasteiger partial charge in [0.1, 0.15) is 16.3 Å². The summed E-state index contributed by atoms with van der Waals surface area (Å²) >= 11 is 1.42. The van der Waals surface area contributed by atoms with Gasteiger partial charge >= 0.3 is 0 Å². The minimum absolute atomic E-state index is 0.0669. The van der Waals surface area contributed by atoms with Gasteiger partial charge in [0.05, 0.1) is 18.6 Å². The molecule has 2 N–H and O–H groups in total. The Morgan fingerprint density at radius 2 is 2.38 bits per heavy atom. The lowest BCUT2D eigenvalue weighted by molar-refractivity contribution is 0.610. The second-order valence-electron chi connectivity index (χ2n) is 5.27. The predicted octanol–water partition coefficient (Wildman–Crippen LogP) is 1.48. The maximum atomic E-state index is 12.0. The fraction of sp³-hybridized carbons (Fsp3) is 0.357. The second kappa shape index (κ2) is 5.09. The first-order valence-corrected chi connectivity index (χ1v) is 7.87. The molecule has 0 aliphatic heterocycles. The first-order valence-electron chi connectivity index (χ1n) is 6.99. The molecule has 6 nitrogen and oxygen atoms in total. The van der Waals surface area contributed by atoms with Gasteiger partial charge in [-0.3, -0.25) is 4.79 Å². The lowest BCUT2D eigenvalue weighted by atomic mass is 10.4. The summed E-state index contributed by atoms with van der Waals surface area (Å²) in [6, 6.07) is 2.53. The van der Waals surface area contributed by atoms with E-state index in [1.54, 1.807) is 6.20 Å². The Labute approximate surface area is 124 Å². The van der Waals surface area contributed by atoms with E-state index in [0.717, 1.165) is 17.9 Å². The lowest BCUT2D eigenvalue weighted by Gasteiger charge is -2.08. The smallest absolute Gasteiger partial charge is 0.268 e. The zero-order valence-corrected chi connectivity index (χ0v) is 12.2. The molecule has 0 aromatic carbocycles. The topological polar surface area (TPSA) is 75.6 Å². The van der Waals surface area contributed by atoms with Crippen molar-refractivity contribution in [3.63, 3.8) is 0 Å². The van der Waals surface area contributed by atoms with Gasteiger partial charge in [-0.2, -0.15) is 0 Å². The Hall–Kier alpha value is -1.99. The van der Waals surface area contributed by atoms with E-state index < -0.39 is 0 Å². The number of fused-ring (bicyclic) bond motifs is 1. The van der Waals surface area contributed by atoms with Crippen molar-refractivity contribution < 1.29 is 0 Å². The van der Waals surface area contributed by atoms with Crippen molar-refractivity contribution in [1.82, 2.24) is 24.8 Å². The number of hydrogen-bond acceptors (Lipinski definition) is 5. The highest BCUT2D eigenvalue weighted by Crippen LogP contribution is 2.19. The molecular weight excluding hydrogens is 286 g/mol. The zero-order valence-electron chi connectivity index (χ0n) is 11.4. The highest BCUT2D eigenvalue weighted by molar-refractivity contribution is 7.17. The van der Waals surface area contributed by atoms with Crippen LogP contribution in [-0.2, 0) is 13.1 Å². The number of nitrogens with zero attached hydrogens (tertiary/aromatic N) is 3. The van der Waals surface area contributed by atoms with Crippen LogP contribution in [-0.4, -0.2) is 25.6 Å². The summed E-state index contributed by atoms with van der Waals surface area (Å²) in [5, 5.41) is 5.34. The van der Waals surface area contributed by atoms with Gasteiger partial charge < -0.3 is 14.9 Å². The number of thiophene rings is 1. The Morgan fingerprint density at radius 3 is 3.24 bits per heavy atom. The molecule has 0 bridgehead atoms. The van der Waals surface area contributed by atoms with Crippen LogP contribution in [0.15, 0.2) is 28.6 Å². The molecule has 1 saturated carbocycles. The average molecular weight is 301 g/mol. The largest absolute Gasteiger partial charge is 0.326 e. The maximum absolute atomic E-state index is 12.0. The third-order valence-electron chi connectivity index (χ3n) is 3.61. The first kappa shape index (κ1) is 12.7. The van der Waals surface area contributed by atoms with Gasteiger partial charge in [-0.25, -0.2) is 9.97 Å². The van der Waals surface area contributed by atoms with Crippen LogP contribution in [0.4, 0.5) is 0 Å². The fourth-order valence-corrected chi connectivity index (χ4v) is 3.06. The fourth-order valence-electron chi connectivity index (χ4n) is 2.33. The molecule has 3 heterocycles. The summed E-state index contributed by atoms with van der Waals surface area (Å²) in [5.41, 5.74) is 0.694. The number of hydrogen-bond donors (Lipinski definition) is 2. The average Bonchev–Trinajstić information content (AvgIpc) is 2.99. The van der Waals surface area contributed by atoms with Crippen LogP contribution < -0.4 is 10.9 Å². The van der Waals surface area contributed by atoms with E-state index in [4.69, 9.17) is 0 Å². The summed E-state index contributed by atoms with van der Waals surface area (Å²) in [6.07, 6.45) is 6.21. The molecule has 21 heavy (non-hydrogen) atoms. The van der Waals surface area contributed by atoms with E-state index in [1.165, 1.54) is 24.2 Å². The first-order chi connectivity index (χ1) is 10.3. The Balaban J connectivity index is 1.58. The number of imidazole rings is 1. The standard InChI is InChI=1S/C14H15N5OS/c20-14-13-10(3-6-21-13)17-11(18-14)8-19-5-4-15-12(19)7-16-9-1-2-9/h3-6,9,16H,1-2,7-8H2,(H,17,18,20). The summed E-state index contributed by atoms with van der Waals surface area (Å²) in [5.74, 6) is 1.63. The van der Waals surface area contributed by atoms with Gasteiger partial charge in [0.15, 0.2) is 0 Å². The van der Waals surface area contributed by atoms with Crippen LogP contribution in [0.3, 0.4) is 0 Å². The second-order valence-corrected chi connectivity index (χ2v) is 6.19. The molecule has 0 radical (unpaired) electrons. The van der Waals surface area contributed by atoms with Crippen molar-refractivity contribution >= 4 is 21.6 Å². The quantitative estimate of drug-likeness (QED) is 0.748. The summed E-state index contributed by atoms with van der Waals surface area (Å²) < 4.78 is 2.70. The Morgan fingerprint density at radius 1 is 1.48 bits per heavy atom. The molecule has 0 saturated heterocycles. The Kier molecular flexibility index (Phi) is 3.08. The van der Waals surface area contributed by atoms with Crippen molar-refractivity contribution in [3.05, 3.63) is 45.8 Å². The van der Waals surface area contributed by atoms with Gasteiger partial charge in [-0.15, -0.1) is 11.3 Å². The van der Waals surface area contributed by atoms with E-state index >= 15 is 0 Å². The van der Waals surface area contributed by atoms with E-state index in [2.05, 4.69) is 20.3 Å². The maximum Gasteiger partial charge on any atom is 0.268 e. The molecule has 0 spiro atoms. The molecule has 7 heteroatoms. The number of rotatable bonds is 5. The zero-order chi connectivity index (χ0) is 14.2. The highest BCUT2D eigenvalue weighted by atomic mass is 32.1. The lowest BCUT2D eigenvalue weighted by Crippen LogP contribution is -2.20. The van der Waals surface area contributed by atoms with Crippen molar-refractivity contribution in [2.24, 2.45) is 0 Å². The molecule has 1 fully saturated rings. The van der Waals surface area contributed by atoms with Crippen LogP contribution in [0.2, 0.25) is 0 Å². The molecular formula is C14H15N5OS. The summed E-state index contributed by atoms with van der Waals surface area (Å²) in [4.78, 5) is 23.7. The van der Waals surface area contributed by atoms with Gasteiger partial charge in [0.25, 0.3) is 5.56 Å². The van der Waals surface area contributed by atoms with Crippen LogP contribution in [0.25, 0.3) is 10.2 Å². The van der Waals surface area contributed by atoms with Crippen LogP contribution in [0, 0.1) is 0 Å². The van der Waals surface area contributed by atoms with E-state index in [0.29, 0.717) is 23.1 Å². The van der Waals surface area contributed by atoms with Crippen molar-refractivity contribution in [3.8, 4) is 0 Å².